The number of carbonyl (C=O) groups is 1. The molecule has 132 valence electrons. The van der Waals surface area contributed by atoms with E-state index in [0.29, 0.717) is 24.2 Å². The topological polar surface area (TPSA) is 59.0 Å². The lowest BCUT2D eigenvalue weighted by Crippen LogP contribution is -2.34. The molecule has 3 rings (SSSR count). The molecule has 1 fully saturated rings. The van der Waals surface area contributed by atoms with E-state index in [1.54, 1.807) is 0 Å². The number of hydrogen-bond donors (Lipinski definition) is 2. The van der Waals surface area contributed by atoms with Crippen molar-refractivity contribution >= 4 is 35.3 Å². The highest BCUT2D eigenvalue weighted by atomic mass is 35.5. The zero-order valence-corrected chi connectivity index (χ0v) is 15.2. The Morgan fingerprint density at radius 1 is 1.46 bits per heavy atom. The molecule has 1 aliphatic rings. The van der Waals surface area contributed by atoms with Crippen LogP contribution in [0.3, 0.4) is 0 Å². The Hall–Kier alpha value is -1.59. The van der Waals surface area contributed by atoms with Gasteiger partial charge in [0.2, 0.25) is 11.9 Å². The van der Waals surface area contributed by atoms with Gasteiger partial charge in [-0.25, -0.2) is 4.98 Å². The van der Waals surface area contributed by atoms with E-state index in [1.165, 1.54) is 12.8 Å². The van der Waals surface area contributed by atoms with Crippen LogP contribution in [-0.2, 0) is 11.3 Å². The summed E-state index contributed by atoms with van der Waals surface area (Å²) < 4.78 is 2.06. The molecule has 2 heterocycles. The molecule has 1 aromatic carbocycles. The first kappa shape index (κ1) is 18.7. The number of halogens is 1. The maximum absolute atomic E-state index is 12.4. The molecule has 2 unspecified atom stereocenters. The fraction of sp³-hybridized carbons (Fsp3) is 0.556. The monoisotopic (exact) mass is 350 g/mol. The fourth-order valence-electron chi connectivity index (χ4n) is 3.49. The molecule has 0 spiro atoms. The minimum Gasteiger partial charge on any atom is -0.316 e. The van der Waals surface area contributed by atoms with Crippen molar-refractivity contribution < 1.29 is 4.79 Å². The second-order valence-electron chi connectivity index (χ2n) is 6.50. The van der Waals surface area contributed by atoms with Gasteiger partial charge in [0.1, 0.15) is 0 Å². The number of rotatable bonds is 5. The molecule has 1 aromatic heterocycles. The minimum atomic E-state index is 0. The lowest BCUT2D eigenvalue weighted by Gasteiger charge is -2.27. The Morgan fingerprint density at radius 3 is 2.96 bits per heavy atom. The number of hydrogen-bond acceptors (Lipinski definition) is 3. The molecular formula is C18H27ClN4O. The highest BCUT2D eigenvalue weighted by molar-refractivity contribution is 5.91. The van der Waals surface area contributed by atoms with Crippen molar-refractivity contribution in [2.75, 3.05) is 18.4 Å². The zero-order chi connectivity index (χ0) is 16.2. The lowest BCUT2D eigenvalue weighted by molar-refractivity contribution is -0.117. The Kier molecular flexibility index (Phi) is 6.63. The number of anilines is 1. The van der Waals surface area contributed by atoms with E-state index < -0.39 is 0 Å². The summed E-state index contributed by atoms with van der Waals surface area (Å²) in [5.74, 6) is 1.71. The van der Waals surface area contributed by atoms with Gasteiger partial charge in [0.25, 0.3) is 0 Å². The highest BCUT2D eigenvalue weighted by Gasteiger charge is 2.22. The smallest absolute Gasteiger partial charge is 0.226 e. The van der Waals surface area contributed by atoms with Crippen molar-refractivity contribution in [3.63, 3.8) is 0 Å². The van der Waals surface area contributed by atoms with Gasteiger partial charge in [-0.2, -0.15) is 0 Å². The maximum atomic E-state index is 12.4. The van der Waals surface area contributed by atoms with Crippen molar-refractivity contribution in [3.8, 4) is 0 Å². The quantitative estimate of drug-likeness (QED) is 0.868. The van der Waals surface area contributed by atoms with E-state index >= 15 is 0 Å². The van der Waals surface area contributed by atoms with Gasteiger partial charge < -0.3 is 9.88 Å². The average molecular weight is 351 g/mol. The molecule has 0 aliphatic carbocycles. The molecule has 6 heteroatoms. The first-order valence-corrected chi connectivity index (χ1v) is 8.65. The first-order chi connectivity index (χ1) is 11.2. The number of para-hydroxylation sites is 2. The van der Waals surface area contributed by atoms with Gasteiger partial charge in [-0.15, -0.1) is 12.4 Å². The number of aromatic nitrogens is 2. The predicted molar refractivity (Wildman–Crippen MR) is 101 cm³/mol. The van der Waals surface area contributed by atoms with Crippen LogP contribution >= 0.6 is 12.4 Å². The van der Waals surface area contributed by atoms with Crippen LogP contribution in [0.1, 0.15) is 33.1 Å². The van der Waals surface area contributed by atoms with Crippen LogP contribution < -0.4 is 10.6 Å². The van der Waals surface area contributed by atoms with Crippen molar-refractivity contribution in [2.45, 2.75) is 39.7 Å². The molecule has 0 saturated carbocycles. The standard InChI is InChI=1S/C18H26N4O.ClH/c1-3-22-16-9-5-4-8-15(16)20-18(22)21-17(23)11-13(2)14-7-6-10-19-12-14;/h4-5,8-9,13-14,19H,3,6-7,10-12H2,1-2H3,(H,20,21,23);1H. The van der Waals surface area contributed by atoms with E-state index in [4.69, 9.17) is 0 Å². The van der Waals surface area contributed by atoms with Gasteiger partial charge in [0.15, 0.2) is 0 Å². The molecule has 24 heavy (non-hydrogen) atoms. The molecule has 0 radical (unpaired) electrons. The lowest BCUT2D eigenvalue weighted by atomic mass is 9.85. The van der Waals surface area contributed by atoms with Gasteiger partial charge in [0, 0.05) is 13.0 Å². The molecular weight excluding hydrogens is 324 g/mol. The van der Waals surface area contributed by atoms with Gasteiger partial charge in [-0.3, -0.25) is 10.1 Å². The molecule has 1 aliphatic heterocycles. The summed E-state index contributed by atoms with van der Waals surface area (Å²) in [6, 6.07) is 7.99. The van der Waals surface area contributed by atoms with Gasteiger partial charge >= 0.3 is 0 Å². The van der Waals surface area contributed by atoms with E-state index in [0.717, 1.165) is 30.7 Å². The third-order valence-electron chi connectivity index (χ3n) is 4.87. The van der Waals surface area contributed by atoms with E-state index in [-0.39, 0.29) is 18.3 Å². The summed E-state index contributed by atoms with van der Waals surface area (Å²) in [4.78, 5) is 17.0. The largest absolute Gasteiger partial charge is 0.316 e. The maximum Gasteiger partial charge on any atom is 0.226 e. The summed E-state index contributed by atoms with van der Waals surface area (Å²) in [7, 11) is 0. The van der Waals surface area contributed by atoms with Crippen molar-refractivity contribution in [1.29, 1.82) is 0 Å². The number of nitrogens with zero attached hydrogens (tertiary/aromatic N) is 2. The van der Waals surface area contributed by atoms with E-state index in [9.17, 15) is 4.79 Å². The van der Waals surface area contributed by atoms with Crippen LogP contribution in [-0.4, -0.2) is 28.5 Å². The zero-order valence-electron chi connectivity index (χ0n) is 14.4. The van der Waals surface area contributed by atoms with Crippen LogP contribution in [0.4, 0.5) is 5.95 Å². The number of nitrogens with one attached hydrogen (secondary N) is 2. The third kappa shape index (κ3) is 4.08. The van der Waals surface area contributed by atoms with Gasteiger partial charge in [0.05, 0.1) is 11.0 Å². The number of aryl methyl sites for hydroxylation is 1. The van der Waals surface area contributed by atoms with Crippen LogP contribution in [0.2, 0.25) is 0 Å². The van der Waals surface area contributed by atoms with Crippen molar-refractivity contribution in [3.05, 3.63) is 24.3 Å². The Bertz CT molecular complexity index is 679. The Morgan fingerprint density at radius 2 is 2.25 bits per heavy atom. The molecule has 5 nitrogen and oxygen atoms in total. The van der Waals surface area contributed by atoms with Crippen molar-refractivity contribution in [1.82, 2.24) is 14.9 Å². The fourth-order valence-corrected chi connectivity index (χ4v) is 3.49. The number of fused-ring (bicyclic) bond motifs is 1. The average Bonchev–Trinajstić information content (AvgIpc) is 2.92. The second-order valence-corrected chi connectivity index (χ2v) is 6.50. The van der Waals surface area contributed by atoms with Crippen LogP contribution in [0.25, 0.3) is 11.0 Å². The van der Waals surface area contributed by atoms with Crippen LogP contribution in [0, 0.1) is 11.8 Å². The number of benzene rings is 1. The summed E-state index contributed by atoms with van der Waals surface area (Å²) in [5, 5.41) is 6.44. The highest BCUT2D eigenvalue weighted by Crippen LogP contribution is 2.24. The van der Waals surface area contributed by atoms with Gasteiger partial charge in [-0.1, -0.05) is 19.1 Å². The first-order valence-electron chi connectivity index (χ1n) is 8.65. The summed E-state index contributed by atoms with van der Waals surface area (Å²) >= 11 is 0. The molecule has 1 amide bonds. The second kappa shape index (κ2) is 8.49. The summed E-state index contributed by atoms with van der Waals surface area (Å²) in [5.41, 5.74) is 1.99. The number of carbonyl (C=O) groups excluding carboxylic acids is 1. The molecule has 1 saturated heterocycles. The summed E-state index contributed by atoms with van der Waals surface area (Å²) in [6.07, 6.45) is 2.98. The van der Waals surface area contributed by atoms with Crippen molar-refractivity contribution in [2.24, 2.45) is 11.8 Å². The SMILES string of the molecule is CCn1c(NC(=O)CC(C)C2CCCNC2)nc2ccccc21.Cl. The third-order valence-corrected chi connectivity index (χ3v) is 4.87. The number of imidazole rings is 1. The van der Waals surface area contributed by atoms with Crippen LogP contribution in [0.15, 0.2) is 24.3 Å². The normalized spacial score (nSPS) is 18.8. The number of piperidine rings is 1. The minimum absolute atomic E-state index is 0. The van der Waals surface area contributed by atoms with Crippen LogP contribution in [0.5, 0.6) is 0 Å². The summed E-state index contributed by atoms with van der Waals surface area (Å²) in [6.45, 7) is 7.18. The molecule has 0 bridgehead atoms. The number of amides is 1. The Balaban J connectivity index is 0.00000208. The van der Waals surface area contributed by atoms with E-state index in [1.807, 2.05) is 24.3 Å². The predicted octanol–water partition coefficient (Wildman–Crippen LogP) is 3.44. The Labute approximate surface area is 149 Å². The molecule has 2 atom stereocenters. The van der Waals surface area contributed by atoms with E-state index in [2.05, 4.69) is 34.0 Å². The molecule has 2 aromatic rings. The molecule has 2 N–H and O–H groups in total. The van der Waals surface area contributed by atoms with Gasteiger partial charge in [-0.05, 0) is 56.8 Å².